The second kappa shape index (κ2) is 6.11. The zero-order valence-corrected chi connectivity index (χ0v) is 11.2. The van der Waals surface area contributed by atoms with Gasteiger partial charge in [-0.25, -0.2) is 8.78 Å². The molecular formula is C16H17F2NO. The number of aliphatic hydroxyl groups excluding tert-OH is 1. The molecule has 0 amide bonds. The molecule has 20 heavy (non-hydrogen) atoms. The molecule has 2 unspecified atom stereocenters. The summed E-state index contributed by atoms with van der Waals surface area (Å²) in [5, 5.41) is 10.4. The average molecular weight is 277 g/mol. The summed E-state index contributed by atoms with van der Waals surface area (Å²) in [7, 11) is 0. The van der Waals surface area contributed by atoms with Crippen molar-refractivity contribution in [3.63, 3.8) is 0 Å². The van der Waals surface area contributed by atoms with Crippen molar-refractivity contribution in [1.29, 1.82) is 0 Å². The number of hydrogen-bond donors (Lipinski definition) is 2. The first-order valence-electron chi connectivity index (χ1n) is 6.42. The van der Waals surface area contributed by atoms with Crippen LogP contribution in [0.2, 0.25) is 0 Å². The van der Waals surface area contributed by atoms with Crippen LogP contribution >= 0.6 is 0 Å². The highest BCUT2D eigenvalue weighted by molar-refractivity contribution is 5.33. The van der Waals surface area contributed by atoms with E-state index < -0.39 is 23.7 Å². The van der Waals surface area contributed by atoms with Crippen molar-refractivity contribution in [1.82, 2.24) is 0 Å². The monoisotopic (exact) mass is 277 g/mol. The Labute approximate surface area is 116 Å². The van der Waals surface area contributed by atoms with Crippen LogP contribution in [0.25, 0.3) is 0 Å². The topological polar surface area (TPSA) is 46.2 Å². The molecule has 2 aromatic carbocycles. The fourth-order valence-corrected chi connectivity index (χ4v) is 2.41. The second-order valence-electron chi connectivity index (χ2n) is 4.85. The quantitative estimate of drug-likeness (QED) is 0.902. The van der Waals surface area contributed by atoms with Crippen LogP contribution in [0.4, 0.5) is 8.78 Å². The van der Waals surface area contributed by atoms with Crippen LogP contribution in [0.15, 0.2) is 42.5 Å². The highest BCUT2D eigenvalue weighted by Crippen LogP contribution is 2.32. The van der Waals surface area contributed by atoms with Gasteiger partial charge in [0, 0.05) is 18.5 Å². The minimum absolute atomic E-state index is 0.185. The standard InChI is InChI=1S/C16H17F2NO/c1-10-4-2-3-5-14(10)15(9-19)16(20)11-6-12(17)8-13(18)7-11/h2-8,15-16,20H,9,19H2,1H3. The molecule has 4 heteroatoms. The maximum absolute atomic E-state index is 13.3. The number of nitrogens with two attached hydrogens (primary N) is 1. The molecule has 0 saturated heterocycles. The van der Waals surface area contributed by atoms with Gasteiger partial charge in [0.15, 0.2) is 0 Å². The van der Waals surface area contributed by atoms with Crippen LogP contribution < -0.4 is 5.73 Å². The Morgan fingerprint density at radius 3 is 2.25 bits per heavy atom. The Morgan fingerprint density at radius 1 is 1.10 bits per heavy atom. The summed E-state index contributed by atoms with van der Waals surface area (Å²) in [4.78, 5) is 0. The number of aryl methyl sites for hydroxylation is 1. The first kappa shape index (κ1) is 14.6. The fourth-order valence-electron chi connectivity index (χ4n) is 2.41. The van der Waals surface area contributed by atoms with Gasteiger partial charge >= 0.3 is 0 Å². The van der Waals surface area contributed by atoms with Crippen LogP contribution in [-0.2, 0) is 0 Å². The van der Waals surface area contributed by atoms with Crippen molar-refractivity contribution in [2.24, 2.45) is 5.73 Å². The number of rotatable bonds is 4. The van der Waals surface area contributed by atoms with E-state index in [1.54, 1.807) is 0 Å². The van der Waals surface area contributed by atoms with E-state index in [1.165, 1.54) is 0 Å². The molecular weight excluding hydrogens is 260 g/mol. The van der Waals surface area contributed by atoms with Gasteiger partial charge in [0.2, 0.25) is 0 Å². The van der Waals surface area contributed by atoms with Crippen LogP contribution in [0.1, 0.15) is 28.7 Å². The minimum atomic E-state index is -1.05. The molecule has 2 atom stereocenters. The lowest BCUT2D eigenvalue weighted by atomic mass is 9.87. The van der Waals surface area contributed by atoms with Gasteiger partial charge in [-0.2, -0.15) is 0 Å². The molecule has 0 spiro atoms. The Kier molecular flexibility index (Phi) is 4.47. The van der Waals surface area contributed by atoms with Crippen molar-refractivity contribution < 1.29 is 13.9 Å². The van der Waals surface area contributed by atoms with Gasteiger partial charge in [0.1, 0.15) is 11.6 Å². The maximum Gasteiger partial charge on any atom is 0.126 e. The van der Waals surface area contributed by atoms with Crippen LogP contribution in [0.3, 0.4) is 0 Å². The predicted molar refractivity (Wildman–Crippen MR) is 74.3 cm³/mol. The van der Waals surface area contributed by atoms with E-state index in [2.05, 4.69) is 0 Å². The summed E-state index contributed by atoms with van der Waals surface area (Å²) >= 11 is 0. The lowest BCUT2D eigenvalue weighted by molar-refractivity contribution is 0.146. The third kappa shape index (κ3) is 3.03. The van der Waals surface area contributed by atoms with E-state index in [9.17, 15) is 13.9 Å². The molecule has 0 aromatic heterocycles. The van der Waals surface area contributed by atoms with Gasteiger partial charge in [-0.1, -0.05) is 24.3 Å². The highest BCUT2D eigenvalue weighted by atomic mass is 19.1. The van der Waals surface area contributed by atoms with E-state index >= 15 is 0 Å². The highest BCUT2D eigenvalue weighted by Gasteiger charge is 2.23. The lowest BCUT2D eigenvalue weighted by Crippen LogP contribution is -2.21. The summed E-state index contributed by atoms with van der Waals surface area (Å²) in [5.41, 5.74) is 7.80. The molecule has 0 aliphatic carbocycles. The predicted octanol–water partition coefficient (Wildman–Crippen LogP) is 3.05. The number of benzene rings is 2. The van der Waals surface area contributed by atoms with Crippen molar-refractivity contribution in [3.05, 3.63) is 70.8 Å². The largest absolute Gasteiger partial charge is 0.388 e. The molecule has 0 fully saturated rings. The average Bonchev–Trinajstić information content (AvgIpc) is 2.40. The lowest BCUT2D eigenvalue weighted by Gasteiger charge is -2.24. The normalized spacial score (nSPS) is 14.1. The molecule has 106 valence electrons. The summed E-state index contributed by atoms with van der Waals surface area (Å²) in [6.07, 6.45) is -1.05. The van der Waals surface area contributed by atoms with Gasteiger partial charge in [0.05, 0.1) is 6.10 Å². The molecule has 0 saturated carbocycles. The maximum atomic E-state index is 13.3. The Hall–Kier alpha value is -1.78. The van der Waals surface area contributed by atoms with Crippen molar-refractivity contribution >= 4 is 0 Å². The van der Waals surface area contributed by atoms with E-state index in [4.69, 9.17) is 5.73 Å². The van der Waals surface area contributed by atoms with Crippen LogP contribution in [0, 0.1) is 18.6 Å². The zero-order chi connectivity index (χ0) is 14.7. The summed E-state index contributed by atoms with van der Waals surface area (Å²) in [6.45, 7) is 2.10. The Balaban J connectivity index is 2.39. The van der Waals surface area contributed by atoms with Crippen LogP contribution in [0.5, 0.6) is 0 Å². The van der Waals surface area contributed by atoms with Gasteiger partial charge in [0.25, 0.3) is 0 Å². The third-order valence-electron chi connectivity index (χ3n) is 3.45. The molecule has 0 aliphatic heterocycles. The fraction of sp³-hybridized carbons (Fsp3) is 0.250. The number of aliphatic hydroxyl groups is 1. The molecule has 0 aliphatic rings. The second-order valence-corrected chi connectivity index (χ2v) is 4.85. The van der Waals surface area contributed by atoms with Gasteiger partial charge in [-0.05, 0) is 35.7 Å². The Bertz CT molecular complexity index is 581. The van der Waals surface area contributed by atoms with Crippen LogP contribution in [-0.4, -0.2) is 11.7 Å². The van der Waals surface area contributed by atoms with E-state index in [1.807, 2.05) is 31.2 Å². The Morgan fingerprint density at radius 2 is 1.70 bits per heavy atom. The SMILES string of the molecule is Cc1ccccc1C(CN)C(O)c1cc(F)cc(F)c1. The molecule has 0 radical (unpaired) electrons. The molecule has 2 rings (SSSR count). The number of hydrogen-bond acceptors (Lipinski definition) is 2. The first-order chi connectivity index (χ1) is 9.52. The molecule has 2 aromatic rings. The molecule has 0 heterocycles. The minimum Gasteiger partial charge on any atom is -0.388 e. The summed E-state index contributed by atoms with van der Waals surface area (Å²) in [5.74, 6) is -1.82. The van der Waals surface area contributed by atoms with Crippen molar-refractivity contribution in [2.75, 3.05) is 6.54 Å². The molecule has 0 bridgehead atoms. The number of halogens is 2. The van der Waals surface area contributed by atoms with Gasteiger partial charge in [-0.15, -0.1) is 0 Å². The van der Waals surface area contributed by atoms with E-state index in [0.717, 1.165) is 29.3 Å². The third-order valence-corrected chi connectivity index (χ3v) is 3.45. The first-order valence-corrected chi connectivity index (χ1v) is 6.42. The van der Waals surface area contributed by atoms with Gasteiger partial charge < -0.3 is 10.8 Å². The van der Waals surface area contributed by atoms with Crippen molar-refractivity contribution in [3.8, 4) is 0 Å². The van der Waals surface area contributed by atoms with Gasteiger partial charge in [-0.3, -0.25) is 0 Å². The summed E-state index contributed by atoms with van der Waals surface area (Å²) < 4.78 is 26.5. The van der Waals surface area contributed by atoms with E-state index in [0.29, 0.717) is 0 Å². The molecule has 2 nitrogen and oxygen atoms in total. The van der Waals surface area contributed by atoms with Crippen molar-refractivity contribution in [2.45, 2.75) is 18.9 Å². The van der Waals surface area contributed by atoms with E-state index in [-0.39, 0.29) is 12.1 Å². The molecule has 3 N–H and O–H groups in total. The summed E-state index contributed by atoms with van der Waals surface area (Å²) in [6, 6.07) is 10.6. The smallest absolute Gasteiger partial charge is 0.126 e. The zero-order valence-electron chi connectivity index (χ0n) is 11.2.